The van der Waals surface area contributed by atoms with E-state index in [1.807, 2.05) is 97.1 Å². The molecular weight excluding hydrogens is 542 g/mol. The number of hydrogen-bond acceptors (Lipinski definition) is 5. The molecule has 0 aliphatic rings. The number of rotatable bonds is 4. The molecule has 9 rings (SSSR count). The van der Waals surface area contributed by atoms with Gasteiger partial charge in [-0.3, -0.25) is 14.1 Å². The van der Waals surface area contributed by atoms with Crippen molar-refractivity contribution in [2.75, 3.05) is 0 Å². The summed E-state index contributed by atoms with van der Waals surface area (Å²) >= 11 is 0. The van der Waals surface area contributed by atoms with Crippen LogP contribution in [0.4, 0.5) is 0 Å². The Morgan fingerprint density at radius 3 is 1.64 bits per heavy atom. The lowest BCUT2D eigenvalue weighted by Crippen LogP contribution is -2.03. The van der Waals surface area contributed by atoms with Crippen molar-refractivity contribution in [2.24, 2.45) is 0 Å². The topological polar surface area (TPSA) is 74.3 Å². The highest BCUT2D eigenvalue weighted by molar-refractivity contribution is 6.11. The van der Waals surface area contributed by atoms with Gasteiger partial charge in [0.2, 0.25) is 0 Å². The fourth-order valence-corrected chi connectivity index (χ4v) is 6.02. The zero-order valence-corrected chi connectivity index (χ0v) is 23.4. The molecule has 0 fully saturated rings. The monoisotopic (exact) mass is 565 g/mol. The SMILES string of the molecule is c1ccc(-c2cccc(-n3c4ccccc4c4nc5c6ncccc6n(-c6cccc(-c7ccccc7)n6)c5nc43)n2)cc1. The molecule has 0 amide bonds. The maximum atomic E-state index is 5.35. The fraction of sp³-hybridized carbons (Fsp3) is 0. The Bertz CT molecular complexity index is 2320. The van der Waals surface area contributed by atoms with E-state index < -0.39 is 0 Å². The summed E-state index contributed by atoms with van der Waals surface area (Å²) in [5.74, 6) is 1.52. The number of fused-ring (bicyclic) bond motifs is 6. The molecule has 0 unspecified atom stereocenters. The van der Waals surface area contributed by atoms with Crippen LogP contribution >= 0.6 is 0 Å². The molecule has 0 aliphatic carbocycles. The van der Waals surface area contributed by atoms with E-state index in [0.29, 0.717) is 5.65 Å². The van der Waals surface area contributed by atoms with E-state index in [-0.39, 0.29) is 0 Å². The minimum atomic E-state index is 0.687. The standard InChI is InChI=1S/C37H23N7/c1-3-12-24(13-4-1)27-17-9-21-31(39-27)43-29-19-8-7-16-26(29)33-36(43)42-37-35(41-33)34-30(20-11-23-38-34)44(37)32-22-10-18-28(40-32)25-14-5-2-6-15-25/h1-23H. The van der Waals surface area contributed by atoms with E-state index in [4.69, 9.17) is 24.9 Å². The summed E-state index contributed by atoms with van der Waals surface area (Å²) in [6.45, 7) is 0. The van der Waals surface area contributed by atoms with Crippen molar-refractivity contribution in [1.29, 1.82) is 0 Å². The summed E-state index contributed by atoms with van der Waals surface area (Å²) in [4.78, 5) is 25.6. The van der Waals surface area contributed by atoms with Crippen LogP contribution in [0.5, 0.6) is 0 Å². The second-order valence-electron chi connectivity index (χ2n) is 10.6. The lowest BCUT2D eigenvalue weighted by molar-refractivity contribution is 1.03. The Balaban J connectivity index is 1.35. The van der Waals surface area contributed by atoms with Crippen LogP contribution in [0.2, 0.25) is 0 Å². The average Bonchev–Trinajstić information content (AvgIpc) is 3.60. The van der Waals surface area contributed by atoms with Gasteiger partial charge in [0, 0.05) is 22.7 Å². The number of hydrogen-bond donors (Lipinski definition) is 0. The van der Waals surface area contributed by atoms with Crippen LogP contribution in [0.1, 0.15) is 0 Å². The van der Waals surface area contributed by atoms with Crippen molar-refractivity contribution < 1.29 is 0 Å². The van der Waals surface area contributed by atoms with Gasteiger partial charge >= 0.3 is 0 Å². The number of pyridine rings is 3. The Labute approximate surface area is 251 Å². The van der Waals surface area contributed by atoms with E-state index >= 15 is 0 Å². The first-order valence-corrected chi connectivity index (χ1v) is 14.5. The van der Waals surface area contributed by atoms with Crippen molar-refractivity contribution in [3.8, 4) is 34.2 Å². The lowest BCUT2D eigenvalue weighted by Gasteiger charge is -2.10. The van der Waals surface area contributed by atoms with Crippen LogP contribution in [-0.2, 0) is 0 Å². The molecule has 206 valence electrons. The van der Waals surface area contributed by atoms with E-state index in [0.717, 1.165) is 72.8 Å². The smallest absolute Gasteiger partial charge is 0.169 e. The van der Waals surface area contributed by atoms with Crippen molar-refractivity contribution in [1.82, 2.24) is 34.1 Å². The van der Waals surface area contributed by atoms with E-state index in [9.17, 15) is 0 Å². The lowest BCUT2D eigenvalue weighted by atomic mass is 10.1. The van der Waals surface area contributed by atoms with Gasteiger partial charge in [-0.05, 0) is 42.5 Å². The second-order valence-corrected chi connectivity index (χ2v) is 10.6. The average molecular weight is 566 g/mol. The minimum absolute atomic E-state index is 0.687. The van der Waals surface area contributed by atoms with Crippen LogP contribution < -0.4 is 0 Å². The summed E-state index contributed by atoms with van der Waals surface area (Å²) < 4.78 is 4.17. The molecule has 0 N–H and O–H groups in total. The summed E-state index contributed by atoms with van der Waals surface area (Å²) in [6, 6.07) is 44.8. The number of benzene rings is 3. The zero-order chi connectivity index (χ0) is 29.0. The molecule has 0 aliphatic heterocycles. The first kappa shape index (κ1) is 24.4. The van der Waals surface area contributed by atoms with Crippen molar-refractivity contribution >= 4 is 44.3 Å². The van der Waals surface area contributed by atoms with Gasteiger partial charge < -0.3 is 0 Å². The highest BCUT2D eigenvalue weighted by atomic mass is 15.2. The van der Waals surface area contributed by atoms with Gasteiger partial charge in [-0.1, -0.05) is 91.0 Å². The Morgan fingerprint density at radius 2 is 0.955 bits per heavy atom. The maximum Gasteiger partial charge on any atom is 0.169 e. The fourth-order valence-electron chi connectivity index (χ4n) is 6.02. The molecule has 0 atom stereocenters. The Morgan fingerprint density at radius 1 is 0.386 bits per heavy atom. The van der Waals surface area contributed by atoms with Crippen LogP contribution in [0, 0.1) is 0 Å². The molecule has 7 nitrogen and oxygen atoms in total. The number of para-hydroxylation sites is 1. The van der Waals surface area contributed by atoms with Gasteiger partial charge in [-0.25, -0.2) is 19.9 Å². The molecule has 6 heterocycles. The predicted molar refractivity (Wildman–Crippen MR) is 175 cm³/mol. The van der Waals surface area contributed by atoms with Crippen LogP contribution in [0.15, 0.2) is 140 Å². The molecule has 44 heavy (non-hydrogen) atoms. The highest BCUT2D eigenvalue weighted by Crippen LogP contribution is 2.35. The van der Waals surface area contributed by atoms with Gasteiger partial charge in [-0.2, -0.15) is 0 Å². The van der Waals surface area contributed by atoms with Crippen LogP contribution in [0.25, 0.3) is 78.4 Å². The molecule has 0 radical (unpaired) electrons. The summed E-state index contributed by atoms with van der Waals surface area (Å²) in [5.41, 5.74) is 9.48. The zero-order valence-electron chi connectivity index (χ0n) is 23.4. The van der Waals surface area contributed by atoms with Gasteiger partial charge in [0.1, 0.15) is 28.2 Å². The molecule has 6 aromatic heterocycles. The van der Waals surface area contributed by atoms with Crippen molar-refractivity contribution in [3.63, 3.8) is 0 Å². The quantitative estimate of drug-likeness (QED) is 0.215. The summed E-state index contributed by atoms with van der Waals surface area (Å²) in [6.07, 6.45) is 1.80. The molecule has 7 heteroatoms. The first-order valence-electron chi connectivity index (χ1n) is 14.5. The molecule has 3 aromatic carbocycles. The third kappa shape index (κ3) is 3.73. The minimum Gasteiger partial charge on any atom is -0.276 e. The van der Waals surface area contributed by atoms with Crippen LogP contribution in [-0.4, -0.2) is 34.1 Å². The predicted octanol–water partition coefficient (Wildman–Crippen LogP) is 8.19. The third-order valence-electron chi connectivity index (χ3n) is 8.00. The second kappa shape index (κ2) is 9.68. The van der Waals surface area contributed by atoms with Crippen molar-refractivity contribution in [3.05, 3.63) is 140 Å². The largest absolute Gasteiger partial charge is 0.276 e. The Kier molecular flexibility index (Phi) is 5.36. The molecule has 0 spiro atoms. The number of nitrogens with zero attached hydrogens (tertiary/aromatic N) is 7. The molecule has 0 saturated carbocycles. The van der Waals surface area contributed by atoms with Crippen molar-refractivity contribution in [2.45, 2.75) is 0 Å². The molecule has 0 bridgehead atoms. The molecule has 9 aromatic rings. The summed E-state index contributed by atoms with van der Waals surface area (Å²) in [5, 5.41) is 1.00. The van der Waals surface area contributed by atoms with Crippen LogP contribution in [0.3, 0.4) is 0 Å². The van der Waals surface area contributed by atoms with E-state index in [2.05, 4.69) is 45.5 Å². The number of aromatic nitrogens is 7. The summed E-state index contributed by atoms with van der Waals surface area (Å²) in [7, 11) is 0. The Hall–Kier alpha value is -6.21. The highest BCUT2D eigenvalue weighted by Gasteiger charge is 2.22. The normalized spacial score (nSPS) is 11.6. The maximum absolute atomic E-state index is 5.35. The van der Waals surface area contributed by atoms with Gasteiger partial charge in [0.05, 0.1) is 22.4 Å². The van der Waals surface area contributed by atoms with E-state index in [1.54, 1.807) is 6.20 Å². The molecular formula is C37H23N7. The van der Waals surface area contributed by atoms with Gasteiger partial charge in [0.25, 0.3) is 0 Å². The van der Waals surface area contributed by atoms with Gasteiger partial charge in [0.15, 0.2) is 11.3 Å². The molecule has 0 saturated heterocycles. The van der Waals surface area contributed by atoms with Gasteiger partial charge in [-0.15, -0.1) is 0 Å². The van der Waals surface area contributed by atoms with E-state index in [1.165, 1.54) is 0 Å². The first-order chi connectivity index (χ1) is 21.8. The third-order valence-corrected chi connectivity index (χ3v) is 8.00.